The fraction of sp³-hybridized carbons (Fsp3) is 0.864. The molecule has 18 atom stereocenters. The first-order valence-corrected chi connectivity index (χ1v) is 21.7. The van der Waals surface area contributed by atoms with Gasteiger partial charge < -0.3 is 28.4 Å². The maximum atomic E-state index is 12.3. The van der Waals surface area contributed by atoms with Gasteiger partial charge in [-0.1, -0.05) is 13.8 Å². The molecule has 0 radical (unpaired) electrons. The predicted octanol–water partition coefficient (Wildman–Crippen LogP) is 5.18. The van der Waals surface area contributed by atoms with E-state index >= 15 is 0 Å². The Morgan fingerprint density at radius 3 is 1.38 bits per heavy atom. The summed E-state index contributed by atoms with van der Waals surface area (Å²) in [6.45, 7) is 11.7. The van der Waals surface area contributed by atoms with E-state index in [0.717, 1.165) is 38.5 Å². The average molecular weight is 781 g/mol. The van der Waals surface area contributed by atoms with E-state index < -0.39 is 22.8 Å². The van der Waals surface area contributed by atoms with Gasteiger partial charge in [-0.25, -0.2) is 9.59 Å². The standard InChI is InChI=1S/2C22H30O6/c1-4-22(2,3)21(25)27-9-16(23)28-15-6-10-5-12(15)18-11-7-13(17(10)18)19-14(11)8-26-20(19)24;1-4-22(2,3)21(25)27-9-16(23)28-15-6-10-5-12(15)18-13-7-11(17(10)18)14-8-26-20(24)19(13)14/h2*10-15,17-19H,4-9H2,1-3H3. The molecule has 10 fully saturated rings. The van der Waals surface area contributed by atoms with E-state index in [1.807, 2.05) is 41.5 Å². The fourth-order valence-corrected chi connectivity index (χ4v) is 14.7. The fourth-order valence-electron chi connectivity index (χ4n) is 14.7. The number of esters is 6. The molecule has 8 bridgehead atoms. The quantitative estimate of drug-likeness (QED) is 0.163. The third kappa shape index (κ3) is 5.85. The summed E-state index contributed by atoms with van der Waals surface area (Å²) < 4.78 is 32.6. The summed E-state index contributed by atoms with van der Waals surface area (Å²) in [5.74, 6) is 5.77. The zero-order chi connectivity index (χ0) is 39.6. The molecule has 2 heterocycles. The topological polar surface area (TPSA) is 158 Å². The summed E-state index contributed by atoms with van der Waals surface area (Å²) in [6, 6.07) is 0. The van der Waals surface area contributed by atoms with Crippen LogP contribution in [0, 0.1) is 106 Å². The Bertz CT molecular complexity index is 1670. The van der Waals surface area contributed by atoms with Gasteiger partial charge in [0.05, 0.1) is 35.9 Å². The molecule has 10 aliphatic rings. The van der Waals surface area contributed by atoms with Crippen molar-refractivity contribution in [2.45, 2.75) is 105 Å². The molecule has 18 unspecified atom stereocenters. The van der Waals surface area contributed by atoms with Gasteiger partial charge in [0.2, 0.25) is 0 Å². The van der Waals surface area contributed by atoms with Crippen LogP contribution >= 0.6 is 0 Å². The highest BCUT2D eigenvalue weighted by Gasteiger charge is 2.72. The van der Waals surface area contributed by atoms with Crippen molar-refractivity contribution in [3.05, 3.63) is 0 Å². The van der Waals surface area contributed by atoms with Gasteiger partial charge in [0.25, 0.3) is 0 Å². The maximum absolute atomic E-state index is 12.3. The van der Waals surface area contributed by atoms with E-state index in [1.165, 1.54) is 0 Å². The largest absolute Gasteiger partial charge is 0.465 e. The summed E-state index contributed by atoms with van der Waals surface area (Å²) in [6.07, 6.45) is 7.49. The number of hydrogen-bond acceptors (Lipinski definition) is 12. The lowest BCUT2D eigenvalue weighted by Gasteiger charge is -2.41. The van der Waals surface area contributed by atoms with Crippen molar-refractivity contribution >= 4 is 35.8 Å². The average Bonchev–Trinajstić information content (AvgIpc) is 4.01. The normalized spacial score (nSPS) is 45.0. The molecule has 2 saturated heterocycles. The highest BCUT2D eigenvalue weighted by molar-refractivity contribution is 5.81. The van der Waals surface area contributed by atoms with E-state index in [4.69, 9.17) is 28.4 Å². The monoisotopic (exact) mass is 780 g/mol. The van der Waals surface area contributed by atoms with Gasteiger partial charge in [0.15, 0.2) is 13.2 Å². The minimum atomic E-state index is -0.588. The van der Waals surface area contributed by atoms with Crippen molar-refractivity contribution in [1.82, 2.24) is 0 Å². The molecule has 2 aliphatic heterocycles. The Balaban J connectivity index is 0.000000146. The number of carbonyl (C=O) groups is 6. The second-order valence-corrected chi connectivity index (χ2v) is 20.6. The highest BCUT2D eigenvalue weighted by Crippen LogP contribution is 2.73. The van der Waals surface area contributed by atoms with Crippen molar-refractivity contribution in [2.24, 2.45) is 106 Å². The first-order chi connectivity index (χ1) is 26.6. The lowest BCUT2D eigenvalue weighted by molar-refractivity contribution is -0.170. The summed E-state index contributed by atoms with van der Waals surface area (Å²) in [7, 11) is 0. The number of rotatable bonds is 10. The van der Waals surface area contributed by atoms with Crippen molar-refractivity contribution in [3.63, 3.8) is 0 Å². The molecule has 0 aromatic heterocycles. The van der Waals surface area contributed by atoms with Crippen LogP contribution in [0.1, 0.15) is 92.9 Å². The molecule has 0 N–H and O–H groups in total. The third-order valence-corrected chi connectivity index (χ3v) is 17.6. The van der Waals surface area contributed by atoms with Gasteiger partial charge in [-0.05, 0) is 150 Å². The number of cyclic esters (lactones) is 2. The Hall–Kier alpha value is -3.18. The van der Waals surface area contributed by atoms with Crippen LogP contribution in [0.2, 0.25) is 0 Å². The molecule has 12 nitrogen and oxygen atoms in total. The van der Waals surface area contributed by atoms with Crippen molar-refractivity contribution in [2.75, 3.05) is 26.4 Å². The van der Waals surface area contributed by atoms with Gasteiger partial charge in [-0.15, -0.1) is 0 Å². The van der Waals surface area contributed by atoms with Crippen LogP contribution in [-0.4, -0.2) is 74.5 Å². The molecule has 8 aliphatic carbocycles. The summed E-state index contributed by atoms with van der Waals surface area (Å²) >= 11 is 0. The summed E-state index contributed by atoms with van der Waals surface area (Å²) in [5.41, 5.74) is -1.17. The number of hydrogen-bond donors (Lipinski definition) is 0. The third-order valence-electron chi connectivity index (χ3n) is 17.6. The van der Waals surface area contributed by atoms with Crippen LogP contribution in [0.25, 0.3) is 0 Å². The smallest absolute Gasteiger partial charge is 0.344 e. The van der Waals surface area contributed by atoms with Crippen molar-refractivity contribution in [3.8, 4) is 0 Å². The predicted molar refractivity (Wildman–Crippen MR) is 195 cm³/mol. The molecular weight excluding hydrogens is 720 g/mol. The summed E-state index contributed by atoms with van der Waals surface area (Å²) in [5, 5.41) is 0. The van der Waals surface area contributed by atoms with Crippen LogP contribution in [0.3, 0.4) is 0 Å². The molecular formula is C44H60O12. The van der Waals surface area contributed by atoms with Crippen LogP contribution in [0.15, 0.2) is 0 Å². The lowest BCUT2D eigenvalue weighted by atomic mass is 9.63. The molecule has 0 aromatic carbocycles. The van der Waals surface area contributed by atoms with Crippen LogP contribution in [0.4, 0.5) is 0 Å². The number of ether oxygens (including phenoxy) is 6. The van der Waals surface area contributed by atoms with E-state index in [2.05, 4.69) is 0 Å². The second-order valence-electron chi connectivity index (χ2n) is 20.6. The molecule has 8 saturated carbocycles. The van der Waals surface area contributed by atoms with Gasteiger partial charge in [0, 0.05) is 11.8 Å². The molecule has 0 amide bonds. The second kappa shape index (κ2) is 13.7. The summed E-state index contributed by atoms with van der Waals surface area (Å²) in [4.78, 5) is 73.1. The Kier molecular flexibility index (Phi) is 9.38. The molecule has 56 heavy (non-hydrogen) atoms. The highest BCUT2D eigenvalue weighted by atomic mass is 16.6. The first-order valence-electron chi connectivity index (χ1n) is 21.7. The molecule has 12 heteroatoms. The zero-order valence-corrected chi connectivity index (χ0v) is 33.8. The van der Waals surface area contributed by atoms with Crippen LogP contribution in [-0.2, 0) is 57.2 Å². The number of carbonyl (C=O) groups excluding carboxylic acids is 6. The van der Waals surface area contributed by atoms with Gasteiger partial charge in [0.1, 0.15) is 12.2 Å². The lowest BCUT2D eigenvalue weighted by Crippen LogP contribution is -2.43. The van der Waals surface area contributed by atoms with Crippen LogP contribution < -0.4 is 0 Å². The molecule has 0 spiro atoms. The molecule has 10 rings (SSSR count). The van der Waals surface area contributed by atoms with Crippen molar-refractivity contribution < 1.29 is 57.2 Å². The maximum Gasteiger partial charge on any atom is 0.344 e. The van der Waals surface area contributed by atoms with E-state index in [9.17, 15) is 28.8 Å². The van der Waals surface area contributed by atoms with Crippen molar-refractivity contribution in [1.29, 1.82) is 0 Å². The first kappa shape index (κ1) is 38.3. The Labute approximate surface area is 329 Å². The minimum Gasteiger partial charge on any atom is -0.465 e. The van der Waals surface area contributed by atoms with Crippen LogP contribution in [0.5, 0.6) is 0 Å². The zero-order valence-electron chi connectivity index (χ0n) is 33.8. The Morgan fingerprint density at radius 1 is 0.536 bits per heavy atom. The van der Waals surface area contributed by atoms with Gasteiger partial charge in [-0.2, -0.15) is 0 Å². The Morgan fingerprint density at radius 2 is 0.929 bits per heavy atom. The molecule has 0 aromatic rings. The van der Waals surface area contributed by atoms with E-state index in [1.54, 1.807) is 0 Å². The van der Waals surface area contributed by atoms with E-state index in [0.29, 0.717) is 109 Å². The van der Waals surface area contributed by atoms with Gasteiger partial charge in [-0.3, -0.25) is 19.2 Å². The SMILES string of the molecule is CCC(C)(C)C(=O)OCC(=O)OC1CC2CC1C1C3CC(C4C(=O)OCC34)C21.CCC(C)(C)C(=O)OCC(=O)OC1CC2CC1C1C3CC(C4COC(=O)C43)C21. The van der Waals surface area contributed by atoms with Gasteiger partial charge >= 0.3 is 35.8 Å². The van der Waals surface area contributed by atoms with E-state index in [-0.39, 0.29) is 61.1 Å². The molecule has 308 valence electrons. The minimum absolute atomic E-state index is 0.00211. The number of fused-ring (bicyclic) bond motifs is 24.